The smallest absolute Gasteiger partial charge is 0.287 e. The molecule has 9 heteroatoms. The van der Waals surface area contributed by atoms with E-state index in [4.69, 9.17) is 9.84 Å². The molecular weight excluding hydrogens is 278 g/mol. The number of nitro groups is 1. The van der Waals surface area contributed by atoms with Crippen LogP contribution >= 0.6 is 0 Å². The van der Waals surface area contributed by atoms with Gasteiger partial charge in [-0.15, -0.1) is 0 Å². The molecule has 1 amide bonds. The number of non-ortho nitro benzene ring substituents is 1. The number of aliphatic hydroxyl groups is 1. The number of rotatable bonds is 6. The number of nitrogens with zero attached hydrogens (tertiary/aromatic N) is 1. The van der Waals surface area contributed by atoms with Crippen LogP contribution in [0.3, 0.4) is 0 Å². The highest BCUT2D eigenvalue weighted by Gasteiger charge is 2.29. The summed E-state index contributed by atoms with van der Waals surface area (Å²) in [6, 6.07) is 3.17. The van der Waals surface area contributed by atoms with Gasteiger partial charge in [0.05, 0.1) is 30.2 Å². The van der Waals surface area contributed by atoms with Gasteiger partial charge in [0.25, 0.3) is 17.5 Å². The third kappa shape index (κ3) is 3.85. The Kier molecular flexibility index (Phi) is 4.92. The summed E-state index contributed by atoms with van der Waals surface area (Å²) in [4.78, 5) is 21.6. The van der Waals surface area contributed by atoms with Crippen molar-refractivity contribution in [2.45, 2.75) is 5.92 Å². The number of methoxy groups -OCH3 is 1. The fraction of sp³-hybridized carbons (Fsp3) is 0.364. The highest BCUT2D eigenvalue weighted by molar-refractivity contribution is 5.97. The van der Waals surface area contributed by atoms with Crippen molar-refractivity contribution >= 4 is 11.6 Å². The van der Waals surface area contributed by atoms with Gasteiger partial charge in [-0.1, -0.05) is 0 Å². The normalized spacial score (nSPS) is 11.0. The summed E-state index contributed by atoms with van der Waals surface area (Å²) >= 11 is 0. The van der Waals surface area contributed by atoms with Gasteiger partial charge in [0.15, 0.2) is 0 Å². The molecule has 0 aliphatic carbocycles. The van der Waals surface area contributed by atoms with Crippen LogP contribution < -0.4 is 10.1 Å². The van der Waals surface area contributed by atoms with Crippen molar-refractivity contribution in [3.05, 3.63) is 33.9 Å². The van der Waals surface area contributed by atoms with Crippen LogP contribution in [0.5, 0.6) is 5.75 Å². The zero-order valence-electron chi connectivity index (χ0n) is 10.4. The molecule has 0 bridgehead atoms. The Morgan fingerprint density at radius 1 is 1.55 bits per heavy atom. The number of nitrogens with one attached hydrogen (secondary N) is 1. The highest BCUT2D eigenvalue weighted by atomic mass is 19.3. The Morgan fingerprint density at radius 3 is 2.70 bits per heavy atom. The molecule has 0 saturated heterocycles. The fourth-order valence-electron chi connectivity index (χ4n) is 1.34. The molecular formula is C11H12F2N2O5. The first kappa shape index (κ1) is 15.8. The number of benzene rings is 1. The monoisotopic (exact) mass is 290 g/mol. The third-order valence-corrected chi connectivity index (χ3v) is 2.38. The summed E-state index contributed by atoms with van der Waals surface area (Å²) in [7, 11) is 1.19. The quantitative estimate of drug-likeness (QED) is 0.600. The second kappa shape index (κ2) is 6.24. The number of ether oxygens (including phenoxy) is 1. The molecule has 0 aromatic heterocycles. The maximum atomic E-state index is 12.8. The van der Waals surface area contributed by atoms with Crippen LogP contribution in [0, 0.1) is 10.1 Å². The predicted octanol–water partition coefficient (Wildman–Crippen LogP) is 0.961. The maximum Gasteiger partial charge on any atom is 0.287 e. The third-order valence-electron chi connectivity index (χ3n) is 2.38. The van der Waals surface area contributed by atoms with E-state index in [0.717, 1.165) is 18.2 Å². The summed E-state index contributed by atoms with van der Waals surface area (Å²) in [5, 5.41) is 20.9. The summed E-state index contributed by atoms with van der Waals surface area (Å²) in [5.74, 6) is -4.43. The molecule has 0 radical (unpaired) electrons. The molecule has 0 fully saturated rings. The lowest BCUT2D eigenvalue weighted by Crippen LogP contribution is -2.39. The Bertz CT molecular complexity index is 522. The summed E-state index contributed by atoms with van der Waals surface area (Å²) in [5.41, 5.74) is -0.411. The van der Waals surface area contributed by atoms with Gasteiger partial charge in [0.1, 0.15) is 12.4 Å². The first-order chi connectivity index (χ1) is 9.30. The molecule has 0 spiro atoms. The lowest BCUT2D eigenvalue weighted by molar-refractivity contribution is -0.384. The van der Waals surface area contributed by atoms with E-state index in [0.29, 0.717) is 0 Å². The zero-order chi connectivity index (χ0) is 15.3. The minimum Gasteiger partial charge on any atom is -0.496 e. The fourth-order valence-corrected chi connectivity index (χ4v) is 1.34. The van der Waals surface area contributed by atoms with Crippen molar-refractivity contribution in [1.29, 1.82) is 0 Å². The SMILES string of the molecule is COc1cc([N+](=O)[O-])ccc1C(=O)NCC(F)(F)CO. The summed E-state index contributed by atoms with van der Waals surface area (Å²) < 4.78 is 30.4. The topological polar surface area (TPSA) is 102 Å². The average molecular weight is 290 g/mol. The molecule has 7 nitrogen and oxygen atoms in total. The number of halogens is 2. The van der Waals surface area contributed by atoms with E-state index in [9.17, 15) is 23.7 Å². The molecule has 0 aliphatic heterocycles. The van der Waals surface area contributed by atoms with Gasteiger partial charge in [-0.25, -0.2) is 8.78 Å². The minimum absolute atomic E-state index is 0.107. The van der Waals surface area contributed by atoms with Crippen molar-refractivity contribution in [2.75, 3.05) is 20.3 Å². The first-order valence-electron chi connectivity index (χ1n) is 5.40. The van der Waals surface area contributed by atoms with E-state index >= 15 is 0 Å². The molecule has 2 N–H and O–H groups in total. The first-order valence-corrected chi connectivity index (χ1v) is 5.40. The maximum absolute atomic E-state index is 12.8. The highest BCUT2D eigenvalue weighted by Crippen LogP contribution is 2.24. The minimum atomic E-state index is -3.44. The van der Waals surface area contributed by atoms with Gasteiger partial charge in [-0.3, -0.25) is 14.9 Å². The van der Waals surface area contributed by atoms with E-state index in [-0.39, 0.29) is 17.0 Å². The molecule has 0 unspecified atom stereocenters. The Labute approximate surface area is 112 Å². The molecule has 110 valence electrons. The van der Waals surface area contributed by atoms with Crippen molar-refractivity contribution in [2.24, 2.45) is 0 Å². The Morgan fingerprint density at radius 2 is 2.20 bits per heavy atom. The lowest BCUT2D eigenvalue weighted by atomic mass is 10.1. The molecule has 1 rings (SSSR count). The number of hydrogen-bond donors (Lipinski definition) is 2. The van der Waals surface area contributed by atoms with Gasteiger partial charge in [0, 0.05) is 6.07 Å². The van der Waals surface area contributed by atoms with E-state index in [1.807, 2.05) is 5.32 Å². The molecule has 0 saturated carbocycles. The zero-order valence-corrected chi connectivity index (χ0v) is 10.4. The second-order valence-corrected chi connectivity index (χ2v) is 3.84. The van der Waals surface area contributed by atoms with Crippen LogP contribution in [0.2, 0.25) is 0 Å². The molecule has 0 heterocycles. The van der Waals surface area contributed by atoms with Crippen LogP contribution in [-0.4, -0.2) is 42.1 Å². The number of hydrogen-bond acceptors (Lipinski definition) is 5. The van der Waals surface area contributed by atoms with Crippen LogP contribution in [0.25, 0.3) is 0 Å². The van der Waals surface area contributed by atoms with Crippen LogP contribution in [0.4, 0.5) is 14.5 Å². The molecule has 1 aromatic carbocycles. The molecule has 1 aromatic rings. The van der Waals surface area contributed by atoms with Crippen LogP contribution in [0.1, 0.15) is 10.4 Å². The lowest BCUT2D eigenvalue weighted by Gasteiger charge is -2.14. The Hall–Kier alpha value is -2.29. The van der Waals surface area contributed by atoms with Crippen molar-refractivity contribution in [3.63, 3.8) is 0 Å². The van der Waals surface area contributed by atoms with Gasteiger partial charge < -0.3 is 15.2 Å². The van der Waals surface area contributed by atoms with Gasteiger partial charge in [-0.05, 0) is 6.07 Å². The van der Waals surface area contributed by atoms with Crippen LogP contribution in [-0.2, 0) is 0 Å². The van der Waals surface area contributed by atoms with E-state index in [2.05, 4.69) is 0 Å². The van der Waals surface area contributed by atoms with E-state index in [1.165, 1.54) is 7.11 Å². The van der Waals surface area contributed by atoms with Gasteiger partial charge in [0.2, 0.25) is 0 Å². The average Bonchev–Trinajstić information content (AvgIpc) is 2.44. The molecule has 0 atom stereocenters. The largest absolute Gasteiger partial charge is 0.496 e. The standard InChI is InChI=1S/C11H12F2N2O5/c1-20-9-4-7(15(18)19)2-3-8(9)10(17)14-5-11(12,13)6-16/h2-4,16H,5-6H2,1H3,(H,14,17). The predicted molar refractivity (Wildman–Crippen MR) is 64.0 cm³/mol. The number of carbonyl (C=O) groups excluding carboxylic acids is 1. The summed E-state index contributed by atoms with van der Waals surface area (Å²) in [6.45, 7) is -2.45. The molecule has 20 heavy (non-hydrogen) atoms. The number of amides is 1. The van der Waals surface area contributed by atoms with E-state index < -0.39 is 29.9 Å². The van der Waals surface area contributed by atoms with Crippen molar-refractivity contribution in [1.82, 2.24) is 5.32 Å². The van der Waals surface area contributed by atoms with E-state index in [1.54, 1.807) is 0 Å². The molecule has 0 aliphatic rings. The summed E-state index contributed by atoms with van der Waals surface area (Å²) in [6.07, 6.45) is 0. The van der Waals surface area contributed by atoms with Gasteiger partial charge in [-0.2, -0.15) is 0 Å². The number of aliphatic hydroxyl groups excluding tert-OH is 1. The number of alkyl halides is 2. The van der Waals surface area contributed by atoms with Crippen molar-refractivity contribution < 1.29 is 28.3 Å². The second-order valence-electron chi connectivity index (χ2n) is 3.84. The number of carbonyl (C=O) groups is 1. The van der Waals surface area contributed by atoms with Crippen molar-refractivity contribution in [3.8, 4) is 5.75 Å². The Balaban J connectivity index is 2.90. The van der Waals surface area contributed by atoms with Gasteiger partial charge >= 0.3 is 0 Å². The number of nitro benzene ring substituents is 1. The van der Waals surface area contributed by atoms with Crippen LogP contribution in [0.15, 0.2) is 18.2 Å².